The van der Waals surface area contributed by atoms with Crippen LogP contribution in [0, 0.1) is 0 Å². The summed E-state index contributed by atoms with van der Waals surface area (Å²) in [5.74, 6) is 1.60. The molecule has 0 aliphatic carbocycles. The molecule has 2 aromatic carbocycles. The number of ether oxygens (including phenoxy) is 2. The summed E-state index contributed by atoms with van der Waals surface area (Å²) >= 11 is 0. The van der Waals surface area contributed by atoms with Crippen molar-refractivity contribution < 1.29 is 9.47 Å². The smallest absolute Gasteiger partial charge is 0.138 e. The van der Waals surface area contributed by atoms with Gasteiger partial charge >= 0.3 is 0 Å². The molecule has 3 rings (SSSR count). The average Bonchev–Trinajstić information content (AvgIpc) is 2.53. The Morgan fingerprint density at radius 1 is 0.950 bits per heavy atom. The second kappa shape index (κ2) is 5.21. The van der Waals surface area contributed by atoms with Crippen LogP contribution < -0.4 is 9.47 Å². The number of aromatic nitrogens is 1. The van der Waals surface area contributed by atoms with Gasteiger partial charge in [0.15, 0.2) is 0 Å². The minimum Gasteiger partial charge on any atom is -0.496 e. The number of benzene rings is 2. The lowest BCUT2D eigenvalue weighted by molar-refractivity contribution is 0.401. The zero-order valence-electron chi connectivity index (χ0n) is 11.5. The molecule has 3 aromatic rings. The number of rotatable bonds is 3. The van der Waals surface area contributed by atoms with Crippen molar-refractivity contribution >= 4 is 10.8 Å². The summed E-state index contributed by atoms with van der Waals surface area (Å²) < 4.78 is 11.2. The Hall–Kier alpha value is -2.55. The van der Waals surface area contributed by atoms with Crippen molar-refractivity contribution in [3.8, 4) is 22.6 Å². The van der Waals surface area contributed by atoms with Crippen molar-refractivity contribution in [2.24, 2.45) is 0 Å². The van der Waals surface area contributed by atoms with E-state index in [1.807, 2.05) is 48.7 Å². The molecule has 0 atom stereocenters. The highest BCUT2D eigenvalue weighted by atomic mass is 16.5. The Morgan fingerprint density at radius 3 is 2.50 bits per heavy atom. The predicted molar refractivity (Wildman–Crippen MR) is 80.3 cm³/mol. The van der Waals surface area contributed by atoms with Gasteiger partial charge in [0.2, 0.25) is 0 Å². The third-order valence-corrected chi connectivity index (χ3v) is 3.34. The first-order valence-corrected chi connectivity index (χ1v) is 6.39. The van der Waals surface area contributed by atoms with Crippen molar-refractivity contribution in [3.63, 3.8) is 0 Å². The molecule has 0 saturated carbocycles. The fraction of sp³-hybridized carbons (Fsp3) is 0.118. The van der Waals surface area contributed by atoms with E-state index in [4.69, 9.17) is 9.47 Å². The molecule has 0 bridgehead atoms. The van der Waals surface area contributed by atoms with Crippen LogP contribution in [0.5, 0.6) is 11.5 Å². The number of fused-ring (bicyclic) bond motifs is 1. The second-order valence-electron chi connectivity index (χ2n) is 4.45. The highest BCUT2D eigenvalue weighted by Gasteiger charge is 2.16. The summed E-state index contributed by atoms with van der Waals surface area (Å²) in [5.41, 5.74) is 1.91. The Bertz CT molecular complexity index is 739. The summed E-state index contributed by atoms with van der Waals surface area (Å²) in [5, 5.41) is 2.16. The standard InChI is InChI=1S/C17H15NO2/c1-19-15-10-12-6-3-4-8-14(12)17(20-2)16(15)13-7-5-9-18-11-13/h3-11H,1-2H3. The van der Waals surface area contributed by atoms with Crippen molar-refractivity contribution in [1.82, 2.24) is 4.98 Å². The van der Waals surface area contributed by atoms with Gasteiger partial charge in [0.1, 0.15) is 11.5 Å². The van der Waals surface area contributed by atoms with E-state index in [1.165, 1.54) is 0 Å². The Kier molecular flexibility index (Phi) is 3.25. The number of hydrogen-bond donors (Lipinski definition) is 0. The van der Waals surface area contributed by atoms with E-state index >= 15 is 0 Å². The molecule has 0 aliphatic heterocycles. The molecular formula is C17H15NO2. The summed E-state index contributed by atoms with van der Waals surface area (Å²) in [4.78, 5) is 4.18. The van der Waals surface area contributed by atoms with Crippen LogP contribution in [0.3, 0.4) is 0 Å². The van der Waals surface area contributed by atoms with Gasteiger partial charge in [0.05, 0.1) is 19.8 Å². The van der Waals surface area contributed by atoms with E-state index in [2.05, 4.69) is 4.98 Å². The van der Waals surface area contributed by atoms with Crippen molar-refractivity contribution in [2.45, 2.75) is 0 Å². The molecule has 0 unspecified atom stereocenters. The molecule has 0 amide bonds. The number of pyridine rings is 1. The Morgan fingerprint density at radius 2 is 1.80 bits per heavy atom. The molecule has 20 heavy (non-hydrogen) atoms. The third kappa shape index (κ3) is 1.97. The van der Waals surface area contributed by atoms with Crippen molar-refractivity contribution in [1.29, 1.82) is 0 Å². The van der Waals surface area contributed by atoms with Gasteiger partial charge in [0.25, 0.3) is 0 Å². The Balaban J connectivity index is 2.39. The lowest BCUT2D eigenvalue weighted by Crippen LogP contribution is -1.95. The maximum absolute atomic E-state index is 5.65. The highest BCUT2D eigenvalue weighted by molar-refractivity contribution is 5.98. The topological polar surface area (TPSA) is 31.4 Å². The van der Waals surface area contributed by atoms with E-state index in [0.29, 0.717) is 0 Å². The van der Waals surface area contributed by atoms with E-state index in [-0.39, 0.29) is 0 Å². The molecule has 0 N–H and O–H groups in total. The van der Waals surface area contributed by atoms with Crippen LogP contribution in [0.25, 0.3) is 21.9 Å². The molecule has 1 aromatic heterocycles. The molecule has 0 saturated heterocycles. The van der Waals surface area contributed by atoms with Crippen LogP contribution in [-0.4, -0.2) is 19.2 Å². The zero-order chi connectivity index (χ0) is 13.9. The van der Waals surface area contributed by atoms with Crippen LogP contribution in [0.2, 0.25) is 0 Å². The van der Waals surface area contributed by atoms with E-state index in [0.717, 1.165) is 33.4 Å². The minimum absolute atomic E-state index is 0.786. The highest BCUT2D eigenvalue weighted by Crippen LogP contribution is 2.43. The molecule has 0 fully saturated rings. The third-order valence-electron chi connectivity index (χ3n) is 3.34. The first kappa shape index (κ1) is 12.5. The second-order valence-corrected chi connectivity index (χ2v) is 4.45. The van der Waals surface area contributed by atoms with Crippen LogP contribution in [0.4, 0.5) is 0 Å². The van der Waals surface area contributed by atoms with Crippen LogP contribution in [0.1, 0.15) is 0 Å². The van der Waals surface area contributed by atoms with Gasteiger partial charge in [-0.15, -0.1) is 0 Å². The van der Waals surface area contributed by atoms with Gasteiger partial charge < -0.3 is 9.47 Å². The maximum atomic E-state index is 5.65. The molecule has 100 valence electrons. The lowest BCUT2D eigenvalue weighted by atomic mass is 9.99. The van der Waals surface area contributed by atoms with Crippen molar-refractivity contribution in [3.05, 3.63) is 54.9 Å². The molecule has 3 nitrogen and oxygen atoms in total. The van der Waals surface area contributed by atoms with Crippen molar-refractivity contribution in [2.75, 3.05) is 14.2 Å². The number of methoxy groups -OCH3 is 2. The van der Waals surface area contributed by atoms with Gasteiger partial charge in [-0.1, -0.05) is 30.3 Å². The van der Waals surface area contributed by atoms with Crippen LogP contribution in [0.15, 0.2) is 54.9 Å². The molecule has 0 aliphatic rings. The van der Waals surface area contributed by atoms with Crippen LogP contribution >= 0.6 is 0 Å². The quantitative estimate of drug-likeness (QED) is 0.719. The number of nitrogens with zero attached hydrogens (tertiary/aromatic N) is 1. The maximum Gasteiger partial charge on any atom is 0.138 e. The summed E-state index contributed by atoms with van der Waals surface area (Å²) in [6.07, 6.45) is 3.57. The van der Waals surface area contributed by atoms with E-state index in [1.54, 1.807) is 20.4 Å². The van der Waals surface area contributed by atoms with Crippen LogP contribution in [-0.2, 0) is 0 Å². The molecular weight excluding hydrogens is 250 g/mol. The summed E-state index contributed by atoms with van der Waals surface area (Å²) in [7, 11) is 3.35. The SMILES string of the molecule is COc1cc2ccccc2c(OC)c1-c1cccnc1. The first-order valence-electron chi connectivity index (χ1n) is 6.39. The monoisotopic (exact) mass is 265 g/mol. The lowest BCUT2D eigenvalue weighted by Gasteiger charge is -2.16. The van der Waals surface area contributed by atoms with Gasteiger partial charge in [-0.05, 0) is 17.5 Å². The molecule has 0 radical (unpaired) electrons. The van der Waals surface area contributed by atoms with Gasteiger partial charge in [0, 0.05) is 23.3 Å². The fourth-order valence-corrected chi connectivity index (χ4v) is 2.45. The first-order chi connectivity index (χ1) is 9.85. The minimum atomic E-state index is 0.786. The fourth-order valence-electron chi connectivity index (χ4n) is 2.45. The number of hydrogen-bond acceptors (Lipinski definition) is 3. The largest absolute Gasteiger partial charge is 0.496 e. The zero-order valence-corrected chi connectivity index (χ0v) is 11.5. The van der Waals surface area contributed by atoms with Gasteiger partial charge in [-0.3, -0.25) is 4.98 Å². The van der Waals surface area contributed by atoms with E-state index in [9.17, 15) is 0 Å². The van der Waals surface area contributed by atoms with Gasteiger partial charge in [-0.2, -0.15) is 0 Å². The summed E-state index contributed by atoms with van der Waals surface area (Å²) in [6.45, 7) is 0. The normalized spacial score (nSPS) is 10.5. The molecule has 1 heterocycles. The predicted octanol–water partition coefficient (Wildman–Crippen LogP) is 3.92. The van der Waals surface area contributed by atoms with Gasteiger partial charge in [-0.25, -0.2) is 0 Å². The molecule has 0 spiro atoms. The summed E-state index contributed by atoms with van der Waals surface area (Å²) in [6, 6.07) is 14.0. The molecule has 3 heteroatoms. The van der Waals surface area contributed by atoms with E-state index < -0.39 is 0 Å². The average molecular weight is 265 g/mol. The Labute approximate surface area is 117 Å².